The van der Waals surface area contributed by atoms with Gasteiger partial charge in [-0.3, -0.25) is 0 Å². The zero-order chi connectivity index (χ0) is 22.1. The zero-order valence-electron chi connectivity index (χ0n) is 18.4. The molecule has 31 heavy (non-hydrogen) atoms. The lowest BCUT2D eigenvalue weighted by Gasteiger charge is -2.23. The van der Waals surface area contributed by atoms with E-state index in [1.807, 2.05) is 54.9 Å². The molecule has 1 aliphatic heterocycles. The third-order valence-electron chi connectivity index (χ3n) is 5.20. The Labute approximate surface area is 186 Å². The van der Waals surface area contributed by atoms with Crippen LogP contribution in [0.1, 0.15) is 29.0 Å². The van der Waals surface area contributed by atoms with Crippen LogP contribution in [0, 0.1) is 6.92 Å². The molecule has 0 radical (unpaired) electrons. The van der Waals surface area contributed by atoms with E-state index in [1.165, 1.54) is 0 Å². The van der Waals surface area contributed by atoms with Crippen LogP contribution >= 0.6 is 11.8 Å². The molecular weight excluding hydrogens is 414 g/mol. The number of hydrogen-bond donors (Lipinski definition) is 0. The summed E-state index contributed by atoms with van der Waals surface area (Å²) in [5, 5.41) is 5.77. The number of thioether (sulfide) groups is 1. The monoisotopic (exact) mass is 439 g/mol. The first-order valence-electron chi connectivity index (χ1n) is 9.76. The molecule has 3 aromatic rings. The van der Waals surface area contributed by atoms with Crippen molar-refractivity contribution in [1.29, 1.82) is 0 Å². The van der Waals surface area contributed by atoms with Gasteiger partial charge in [0, 0.05) is 5.56 Å². The fourth-order valence-corrected chi connectivity index (χ4v) is 4.88. The van der Waals surface area contributed by atoms with Crippen LogP contribution in [0.2, 0.25) is 0 Å². The average Bonchev–Trinajstić information content (AvgIpc) is 3.13. The molecule has 2 heterocycles. The number of aromatic nitrogens is 2. The predicted molar refractivity (Wildman–Crippen MR) is 123 cm³/mol. The number of fused-ring (bicyclic) bond motifs is 1. The first-order chi connectivity index (χ1) is 15.0. The maximum Gasteiger partial charge on any atom is 0.203 e. The molecule has 162 valence electrons. The second-order valence-corrected chi connectivity index (χ2v) is 8.32. The van der Waals surface area contributed by atoms with Crippen molar-refractivity contribution in [2.75, 3.05) is 28.4 Å². The molecule has 0 bridgehead atoms. The van der Waals surface area contributed by atoms with Crippen LogP contribution in [-0.2, 0) is 0 Å². The molecule has 0 amide bonds. The second kappa shape index (κ2) is 8.55. The van der Waals surface area contributed by atoms with Crippen molar-refractivity contribution in [3.05, 3.63) is 53.2 Å². The van der Waals surface area contributed by atoms with Crippen LogP contribution in [0.15, 0.2) is 41.4 Å². The summed E-state index contributed by atoms with van der Waals surface area (Å²) in [6.45, 7) is 4.03. The van der Waals surface area contributed by atoms with E-state index in [1.54, 1.807) is 40.2 Å². The number of nitrogens with zero attached hydrogens (tertiary/aromatic N) is 3. The largest absolute Gasteiger partial charge is 0.497 e. The third kappa shape index (κ3) is 3.72. The van der Waals surface area contributed by atoms with Gasteiger partial charge in [0.1, 0.15) is 5.75 Å². The Morgan fingerprint density at radius 1 is 0.871 bits per heavy atom. The molecule has 0 saturated heterocycles. The first-order valence-corrected chi connectivity index (χ1v) is 10.6. The Morgan fingerprint density at radius 3 is 2.06 bits per heavy atom. The van der Waals surface area contributed by atoms with Crippen LogP contribution in [0.4, 0.5) is 5.82 Å². The fourth-order valence-electron chi connectivity index (χ4n) is 3.74. The van der Waals surface area contributed by atoms with Gasteiger partial charge in [0.05, 0.1) is 50.1 Å². The van der Waals surface area contributed by atoms with Crippen molar-refractivity contribution < 1.29 is 18.9 Å². The van der Waals surface area contributed by atoms with Crippen molar-refractivity contribution >= 4 is 22.6 Å². The lowest BCUT2D eigenvalue weighted by molar-refractivity contribution is 0.324. The topological polar surface area (TPSA) is 67.1 Å². The van der Waals surface area contributed by atoms with E-state index in [4.69, 9.17) is 29.0 Å². The molecule has 1 atom stereocenters. The summed E-state index contributed by atoms with van der Waals surface area (Å²) >= 11 is 1.69. The number of aliphatic imine (C=N–C) groups is 1. The highest BCUT2D eigenvalue weighted by Crippen LogP contribution is 2.50. The smallest absolute Gasteiger partial charge is 0.203 e. The maximum atomic E-state index is 5.57. The quantitative estimate of drug-likeness (QED) is 0.532. The van der Waals surface area contributed by atoms with Gasteiger partial charge in [-0.1, -0.05) is 11.8 Å². The summed E-state index contributed by atoms with van der Waals surface area (Å²) < 4.78 is 23.8. The lowest BCUT2D eigenvalue weighted by atomic mass is 10.0. The summed E-state index contributed by atoms with van der Waals surface area (Å²) in [6, 6.07) is 11.8. The number of rotatable bonds is 6. The summed E-state index contributed by atoms with van der Waals surface area (Å²) in [5.41, 5.74) is 3.96. The fraction of sp³-hybridized carbons (Fsp3) is 0.304. The lowest BCUT2D eigenvalue weighted by Crippen LogP contribution is -2.07. The molecule has 8 heteroatoms. The highest BCUT2D eigenvalue weighted by molar-refractivity contribution is 8.14. The van der Waals surface area contributed by atoms with Gasteiger partial charge < -0.3 is 18.9 Å². The highest BCUT2D eigenvalue weighted by Gasteiger charge is 2.31. The molecule has 2 aromatic carbocycles. The molecule has 1 unspecified atom stereocenters. The van der Waals surface area contributed by atoms with Gasteiger partial charge in [-0.15, -0.1) is 0 Å². The zero-order valence-corrected chi connectivity index (χ0v) is 19.2. The molecule has 4 rings (SSSR count). The number of benzene rings is 2. The van der Waals surface area contributed by atoms with Crippen LogP contribution in [0.3, 0.4) is 0 Å². The number of methoxy groups -OCH3 is 4. The van der Waals surface area contributed by atoms with Gasteiger partial charge in [0.15, 0.2) is 17.3 Å². The van der Waals surface area contributed by atoms with E-state index in [9.17, 15) is 0 Å². The van der Waals surface area contributed by atoms with E-state index in [0.717, 1.165) is 39.1 Å². The van der Waals surface area contributed by atoms with Gasteiger partial charge >= 0.3 is 0 Å². The minimum Gasteiger partial charge on any atom is -0.497 e. The normalized spacial score (nSPS) is 15.2. The van der Waals surface area contributed by atoms with Crippen molar-refractivity contribution in [3.8, 4) is 28.7 Å². The molecule has 0 fully saturated rings. The summed E-state index contributed by atoms with van der Waals surface area (Å²) in [5.74, 6) is 3.45. The van der Waals surface area contributed by atoms with Crippen molar-refractivity contribution in [1.82, 2.24) is 9.78 Å². The molecule has 7 nitrogen and oxygen atoms in total. The molecular formula is C23H25N3O4S. The summed E-state index contributed by atoms with van der Waals surface area (Å²) in [4.78, 5) is 4.84. The van der Waals surface area contributed by atoms with E-state index in [2.05, 4.69) is 0 Å². The maximum absolute atomic E-state index is 5.57. The van der Waals surface area contributed by atoms with E-state index < -0.39 is 0 Å². The number of ether oxygens (including phenoxy) is 4. The summed E-state index contributed by atoms with van der Waals surface area (Å²) in [6.07, 6.45) is 0. The second-order valence-electron chi connectivity index (χ2n) is 7.02. The van der Waals surface area contributed by atoms with Gasteiger partial charge in [0.2, 0.25) is 5.75 Å². The molecule has 1 aromatic heterocycles. The highest BCUT2D eigenvalue weighted by atomic mass is 32.2. The van der Waals surface area contributed by atoms with Gasteiger partial charge in [0.25, 0.3) is 0 Å². The Hall–Kier alpha value is -3.13. The molecule has 0 spiro atoms. The molecule has 1 aliphatic rings. The van der Waals surface area contributed by atoms with Crippen LogP contribution < -0.4 is 18.9 Å². The van der Waals surface area contributed by atoms with Crippen molar-refractivity contribution in [2.45, 2.75) is 19.1 Å². The minimum atomic E-state index is -0.00629. The van der Waals surface area contributed by atoms with E-state index in [-0.39, 0.29) is 5.25 Å². The number of hydrogen-bond acceptors (Lipinski definition) is 7. The van der Waals surface area contributed by atoms with Gasteiger partial charge in [-0.25, -0.2) is 9.67 Å². The summed E-state index contributed by atoms with van der Waals surface area (Å²) in [7, 11) is 6.51. The Bertz CT molecular complexity index is 1110. The number of aryl methyl sites for hydroxylation is 1. The van der Waals surface area contributed by atoms with Gasteiger partial charge in [-0.05, 0) is 55.8 Å². The Kier molecular flexibility index (Phi) is 5.82. The molecule has 0 aliphatic carbocycles. The predicted octanol–water partition coefficient (Wildman–Crippen LogP) is 5.10. The van der Waals surface area contributed by atoms with Crippen LogP contribution in [-0.4, -0.2) is 43.3 Å². The first kappa shape index (κ1) is 21.1. The van der Waals surface area contributed by atoms with Crippen molar-refractivity contribution in [3.63, 3.8) is 0 Å². The minimum absolute atomic E-state index is 0.00629. The van der Waals surface area contributed by atoms with Crippen LogP contribution in [0.25, 0.3) is 5.69 Å². The van der Waals surface area contributed by atoms with Crippen molar-refractivity contribution in [2.24, 2.45) is 4.99 Å². The van der Waals surface area contributed by atoms with Gasteiger partial charge in [-0.2, -0.15) is 5.10 Å². The third-order valence-corrected chi connectivity index (χ3v) is 6.38. The SMILES string of the molecule is COc1ccc(-n2nc(C)c3c2N=C(C)SC3c2cc(OC)c(OC)c(OC)c2)cc1. The Morgan fingerprint density at radius 2 is 1.52 bits per heavy atom. The van der Waals surface area contributed by atoms with Crippen LogP contribution in [0.5, 0.6) is 23.0 Å². The van der Waals surface area contributed by atoms with E-state index >= 15 is 0 Å². The van der Waals surface area contributed by atoms with E-state index in [0.29, 0.717) is 17.2 Å². The standard InChI is InChI=1S/C23H25N3O4S/c1-13-20-22(15-11-18(28-4)21(30-6)19(12-15)29-5)31-14(2)24-23(20)26(25-13)16-7-9-17(27-3)10-8-16/h7-12,22H,1-6H3. The molecule has 0 N–H and O–H groups in total. The molecule has 0 saturated carbocycles. The average molecular weight is 440 g/mol. The Balaban J connectivity index is 1.86.